The molecule has 0 saturated carbocycles. The number of Topliss-reactive ketones (excluding diaryl/α,β-unsaturated/α-hetero) is 1. The van der Waals surface area contributed by atoms with Gasteiger partial charge in [0.25, 0.3) is 0 Å². The van der Waals surface area contributed by atoms with E-state index in [2.05, 4.69) is 11.9 Å². The van der Waals surface area contributed by atoms with Gasteiger partial charge >= 0.3 is 5.97 Å². The zero-order valence-electron chi connectivity index (χ0n) is 23.3. The van der Waals surface area contributed by atoms with Gasteiger partial charge in [0.2, 0.25) is 0 Å². The molecule has 2 aliphatic heterocycles. The second-order valence-corrected chi connectivity index (χ2v) is 11.8. The number of carbonyl (C=O) groups is 2. The minimum atomic E-state index is -1.23. The predicted octanol–water partition coefficient (Wildman–Crippen LogP) is 4.89. The number of aromatic nitrogens is 1. The average Bonchev–Trinajstić information content (AvgIpc) is 3.49. The largest absolute Gasteiger partial charge is 0.458 e. The highest BCUT2D eigenvalue weighted by molar-refractivity contribution is 5.88. The van der Waals surface area contributed by atoms with E-state index in [4.69, 9.17) is 9.47 Å². The monoisotopic (exact) mass is 515 g/mol. The molecule has 2 aliphatic rings. The predicted molar refractivity (Wildman–Crippen MR) is 142 cm³/mol. The van der Waals surface area contributed by atoms with Crippen molar-refractivity contribution in [1.82, 2.24) is 4.98 Å². The summed E-state index contributed by atoms with van der Waals surface area (Å²) in [6.45, 7) is 11.3. The topological polar surface area (TPSA) is 109 Å². The van der Waals surface area contributed by atoms with Gasteiger partial charge in [-0.05, 0) is 62.8 Å². The van der Waals surface area contributed by atoms with E-state index >= 15 is 0 Å². The highest BCUT2D eigenvalue weighted by Crippen LogP contribution is 2.45. The van der Waals surface area contributed by atoms with Crippen molar-refractivity contribution >= 4 is 17.8 Å². The summed E-state index contributed by atoms with van der Waals surface area (Å²) in [6.07, 6.45) is 4.94. The number of pyridine rings is 1. The van der Waals surface area contributed by atoms with Crippen LogP contribution < -0.4 is 0 Å². The van der Waals surface area contributed by atoms with Crippen molar-refractivity contribution in [3.8, 4) is 0 Å². The van der Waals surface area contributed by atoms with Gasteiger partial charge in [0, 0.05) is 18.5 Å². The number of carbonyl (C=O) groups excluding carboxylic acids is 2. The zero-order chi connectivity index (χ0) is 27.4. The number of hydrogen-bond donors (Lipinski definition) is 2. The van der Waals surface area contributed by atoms with Gasteiger partial charge in [0.05, 0.1) is 41.4 Å². The molecule has 1 aromatic rings. The number of aliphatic hydroxyl groups is 2. The van der Waals surface area contributed by atoms with Crippen molar-refractivity contribution in [1.29, 1.82) is 0 Å². The molecule has 0 radical (unpaired) electrons. The molecule has 0 bridgehead atoms. The second kappa shape index (κ2) is 12.2. The number of fused-ring (bicyclic) bond motifs is 1. The summed E-state index contributed by atoms with van der Waals surface area (Å²) in [5, 5.41) is 22.2. The highest BCUT2D eigenvalue weighted by atomic mass is 16.6. The third-order valence-electron chi connectivity index (χ3n) is 8.40. The standard InChI is InChI=1S/C30H45NO6/c1-7-11-22-27(34)19(2)12-10-14-30(6)25(37-30)17-23(20(3)16-21-13-8-9-15-31-21)36-26(33)18-24(32)29(4,5)28(22)35/h8-9,13,15-16,19,22-25,27,32,34H,7,10-12,14,17-18H2,1-6H3/t19-,22+,23-,24-,25?,27+,30?/m0/s1. The first-order valence-electron chi connectivity index (χ1n) is 13.8. The second-order valence-electron chi connectivity index (χ2n) is 11.8. The number of rotatable bonds is 4. The summed E-state index contributed by atoms with van der Waals surface area (Å²) in [7, 11) is 0. The quantitative estimate of drug-likeness (QED) is 0.434. The van der Waals surface area contributed by atoms with Crippen LogP contribution in [0.3, 0.4) is 0 Å². The molecule has 0 amide bonds. The van der Waals surface area contributed by atoms with E-state index in [9.17, 15) is 19.8 Å². The van der Waals surface area contributed by atoms with E-state index in [1.54, 1.807) is 20.0 Å². The summed E-state index contributed by atoms with van der Waals surface area (Å²) in [5.41, 5.74) is 0.0977. The molecule has 7 atom stereocenters. The molecule has 1 aromatic heterocycles. The minimum Gasteiger partial charge on any atom is -0.458 e. The maximum atomic E-state index is 13.6. The third kappa shape index (κ3) is 7.27. The Labute approximate surface area is 221 Å². The van der Waals surface area contributed by atoms with Crippen molar-refractivity contribution in [3.05, 3.63) is 35.7 Å². The molecule has 3 rings (SSSR count). The van der Waals surface area contributed by atoms with Crippen LogP contribution in [0.2, 0.25) is 0 Å². The third-order valence-corrected chi connectivity index (χ3v) is 8.40. The van der Waals surface area contributed by atoms with Crippen molar-refractivity contribution in [2.24, 2.45) is 17.3 Å². The van der Waals surface area contributed by atoms with Crippen LogP contribution in [-0.4, -0.2) is 57.0 Å². The number of cyclic esters (lactones) is 1. The van der Waals surface area contributed by atoms with E-state index in [0.717, 1.165) is 37.0 Å². The fraction of sp³-hybridized carbons (Fsp3) is 0.700. The molecule has 206 valence electrons. The van der Waals surface area contributed by atoms with Gasteiger partial charge in [-0.15, -0.1) is 0 Å². The molecule has 37 heavy (non-hydrogen) atoms. The van der Waals surface area contributed by atoms with E-state index in [0.29, 0.717) is 12.8 Å². The van der Waals surface area contributed by atoms with Crippen LogP contribution in [0.5, 0.6) is 0 Å². The molecule has 3 heterocycles. The van der Waals surface area contributed by atoms with Crippen molar-refractivity contribution < 1.29 is 29.3 Å². The maximum absolute atomic E-state index is 13.6. The van der Waals surface area contributed by atoms with Crippen LogP contribution >= 0.6 is 0 Å². The van der Waals surface area contributed by atoms with Gasteiger partial charge in [-0.25, -0.2) is 0 Å². The molecule has 0 aliphatic carbocycles. The van der Waals surface area contributed by atoms with Crippen LogP contribution in [0, 0.1) is 17.3 Å². The normalized spacial score (nSPS) is 35.9. The van der Waals surface area contributed by atoms with Crippen LogP contribution in [0.4, 0.5) is 0 Å². The number of ether oxygens (including phenoxy) is 2. The molecule has 0 aromatic carbocycles. The number of hydrogen-bond acceptors (Lipinski definition) is 7. The fourth-order valence-corrected chi connectivity index (χ4v) is 5.49. The number of nitrogens with zero attached hydrogens (tertiary/aromatic N) is 1. The Balaban J connectivity index is 1.88. The van der Waals surface area contributed by atoms with E-state index < -0.39 is 35.6 Å². The summed E-state index contributed by atoms with van der Waals surface area (Å²) < 4.78 is 12.0. The Morgan fingerprint density at radius 3 is 2.59 bits per heavy atom. The molecular formula is C30H45NO6. The van der Waals surface area contributed by atoms with Crippen molar-refractivity contribution in [2.45, 2.75) is 117 Å². The lowest BCUT2D eigenvalue weighted by Gasteiger charge is -2.36. The lowest BCUT2D eigenvalue weighted by atomic mass is 9.71. The molecule has 7 heteroatoms. The van der Waals surface area contributed by atoms with Gasteiger partial charge in [0.15, 0.2) is 0 Å². The number of ketones is 1. The highest BCUT2D eigenvalue weighted by Gasteiger charge is 2.53. The van der Waals surface area contributed by atoms with Crippen molar-refractivity contribution in [3.63, 3.8) is 0 Å². The Morgan fingerprint density at radius 1 is 1.22 bits per heavy atom. The molecule has 2 unspecified atom stereocenters. The van der Waals surface area contributed by atoms with Gasteiger partial charge in [0.1, 0.15) is 11.9 Å². The zero-order valence-corrected chi connectivity index (χ0v) is 23.3. The van der Waals surface area contributed by atoms with Crippen LogP contribution in [-0.2, 0) is 19.1 Å². The van der Waals surface area contributed by atoms with Crippen molar-refractivity contribution in [2.75, 3.05) is 0 Å². The smallest absolute Gasteiger partial charge is 0.309 e. The summed E-state index contributed by atoms with van der Waals surface area (Å²) in [6, 6.07) is 5.63. The van der Waals surface area contributed by atoms with E-state index in [1.807, 2.05) is 45.0 Å². The SMILES string of the molecule is CCC[C@H]1C(=O)C(C)(C)[C@@H](O)CC(=O)O[C@H](C(C)=Cc2ccccn2)CC2OC2(C)CCC[C@H](C)[C@H]1O. The number of esters is 1. The summed E-state index contributed by atoms with van der Waals surface area (Å²) in [5.74, 6) is -1.43. The van der Waals surface area contributed by atoms with Crippen LogP contribution in [0.25, 0.3) is 6.08 Å². The van der Waals surface area contributed by atoms with Gasteiger partial charge in [-0.1, -0.05) is 46.6 Å². The molecule has 2 N–H and O–H groups in total. The first-order valence-corrected chi connectivity index (χ1v) is 13.8. The van der Waals surface area contributed by atoms with Crippen LogP contribution in [0.1, 0.15) is 92.2 Å². The van der Waals surface area contributed by atoms with E-state index in [-0.39, 0.29) is 29.8 Å². The average molecular weight is 516 g/mol. The molecule has 7 nitrogen and oxygen atoms in total. The summed E-state index contributed by atoms with van der Waals surface area (Å²) >= 11 is 0. The number of epoxide rings is 1. The Morgan fingerprint density at radius 2 is 1.95 bits per heavy atom. The van der Waals surface area contributed by atoms with E-state index in [1.165, 1.54) is 0 Å². The number of aliphatic hydroxyl groups excluding tert-OH is 2. The lowest BCUT2D eigenvalue weighted by molar-refractivity contribution is -0.154. The Kier molecular flexibility index (Phi) is 9.70. The lowest BCUT2D eigenvalue weighted by Crippen LogP contribution is -2.46. The summed E-state index contributed by atoms with van der Waals surface area (Å²) in [4.78, 5) is 31.0. The van der Waals surface area contributed by atoms with Crippen LogP contribution in [0.15, 0.2) is 30.0 Å². The minimum absolute atomic E-state index is 0.0544. The Hall–Kier alpha value is -2.09. The Bertz CT molecular complexity index is 960. The molecule has 0 spiro atoms. The molecule has 2 saturated heterocycles. The molecular weight excluding hydrogens is 470 g/mol. The fourth-order valence-electron chi connectivity index (χ4n) is 5.49. The van der Waals surface area contributed by atoms with Gasteiger partial charge in [-0.2, -0.15) is 0 Å². The first kappa shape index (κ1) is 29.5. The molecule has 2 fully saturated rings. The van der Waals surface area contributed by atoms with Gasteiger partial charge < -0.3 is 19.7 Å². The maximum Gasteiger partial charge on any atom is 0.309 e. The first-order chi connectivity index (χ1) is 17.4. The van der Waals surface area contributed by atoms with Gasteiger partial charge in [-0.3, -0.25) is 14.6 Å².